The Morgan fingerprint density at radius 2 is 2.14 bits per heavy atom. The Bertz CT molecular complexity index is 472. The molecule has 0 bridgehead atoms. The second-order valence-corrected chi connectivity index (χ2v) is 4.23. The second-order valence-electron chi connectivity index (χ2n) is 4.23. The summed E-state index contributed by atoms with van der Waals surface area (Å²) in [5, 5.41) is 13.7. The molecule has 0 radical (unpaired) electrons. The van der Waals surface area contributed by atoms with E-state index >= 15 is 0 Å². The molecule has 21 heavy (non-hydrogen) atoms. The van der Waals surface area contributed by atoms with Gasteiger partial charge in [0.15, 0.2) is 5.75 Å². The second kappa shape index (κ2) is 8.35. The summed E-state index contributed by atoms with van der Waals surface area (Å²) in [5.41, 5.74) is -0.0759. The van der Waals surface area contributed by atoms with Crippen LogP contribution in [0.4, 0.5) is 23.7 Å². The molecule has 1 aromatic rings. The highest BCUT2D eigenvalue weighted by atomic mass is 19.3. The van der Waals surface area contributed by atoms with Gasteiger partial charge in [0.05, 0.1) is 5.69 Å². The number of aliphatic hydroxyl groups is 1. The van der Waals surface area contributed by atoms with Crippen molar-refractivity contribution in [2.45, 2.75) is 32.4 Å². The molecule has 0 fully saturated rings. The molecular formula is C13H17F3N2O3. The van der Waals surface area contributed by atoms with E-state index in [0.717, 1.165) is 18.2 Å². The number of benzene rings is 1. The zero-order valence-electron chi connectivity index (χ0n) is 11.4. The molecule has 8 heteroatoms. The number of hydrogen-bond donors (Lipinski definition) is 3. The number of rotatable bonds is 7. The number of hydrogen-bond acceptors (Lipinski definition) is 3. The molecule has 0 saturated carbocycles. The van der Waals surface area contributed by atoms with Crippen molar-refractivity contribution in [1.29, 1.82) is 0 Å². The van der Waals surface area contributed by atoms with Crippen LogP contribution in [0.15, 0.2) is 18.2 Å². The lowest BCUT2D eigenvalue weighted by Gasteiger charge is -2.17. The molecular weight excluding hydrogens is 289 g/mol. The fourth-order valence-electron chi connectivity index (χ4n) is 1.67. The van der Waals surface area contributed by atoms with Crippen molar-refractivity contribution in [3.05, 3.63) is 24.0 Å². The summed E-state index contributed by atoms with van der Waals surface area (Å²) in [6, 6.07) is 1.99. The van der Waals surface area contributed by atoms with Crippen LogP contribution >= 0.6 is 0 Å². The van der Waals surface area contributed by atoms with E-state index in [0.29, 0.717) is 12.8 Å². The van der Waals surface area contributed by atoms with Gasteiger partial charge in [-0.25, -0.2) is 9.18 Å². The highest BCUT2D eigenvalue weighted by molar-refractivity contribution is 5.91. The van der Waals surface area contributed by atoms with E-state index in [1.807, 2.05) is 6.92 Å². The average Bonchev–Trinajstić information content (AvgIpc) is 2.40. The van der Waals surface area contributed by atoms with Crippen molar-refractivity contribution in [3.63, 3.8) is 0 Å². The van der Waals surface area contributed by atoms with E-state index in [1.165, 1.54) is 0 Å². The van der Waals surface area contributed by atoms with Gasteiger partial charge in [0.25, 0.3) is 0 Å². The van der Waals surface area contributed by atoms with Crippen molar-refractivity contribution in [2.75, 3.05) is 11.9 Å². The number of anilines is 1. The number of halogens is 3. The first-order chi connectivity index (χ1) is 9.96. The first kappa shape index (κ1) is 17.1. The lowest BCUT2D eigenvalue weighted by Crippen LogP contribution is -2.38. The molecule has 118 valence electrons. The Balaban J connectivity index is 2.75. The number of carbonyl (C=O) groups is 1. The Hall–Kier alpha value is -1.96. The Morgan fingerprint density at radius 3 is 2.71 bits per heavy atom. The van der Waals surface area contributed by atoms with Crippen LogP contribution < -0.4 is 15.4 Å². The molecule has 1 rings (SSSR count). The van der Waals surface area contributed by atoms with E-state index in [9.17, 15) is 18.0 Å². The van der Waals surface area contributed by atoms with Gasteiger partial charge < -0.3 is 20.5 Å². The number of ether oxygens (including phenoxy) is 1. The van der Waals surface area contributed by atoms with Gasteiger partial charge >= 0.3 is 12.6 Å². The van der Waals surface area contributed by atoms with Crippen LogP contribution in [-0.2, 0) is 0 Å². The fraction of sp³-hybridized carbons (Fsp3) is 0.462. The van der Waals surface area contributed by atoms with Crippen LogP contribution in [0.2, 0.25) is 0 Å². The Morgan fingerprint density at radius 1 is 1.43 bits per heavy atom. The Labute approximate surface area is 120 Å². The summed E-state index contributed by atoms with van der Waals surface area (Å²) in [6.07, 6.45) is 0.964. The molecule has 0 aromatic heterocycles. The van der Waals surface area contributed by atoms with E-state index in [4.69, 9.17) is 5.11 Å². The standard InChI is InChI=1S/C13H17F3N2O3/c1-2-9(5-6-19)17-13(20)18-10-4-3-8(14)7-11(10)21-12(15)16/h3-4,7,9,12,19H,2,5-6H2,1H3,(H2,17,18,20). The molecule has 0 spiro atoms. The summed E-state index contributed by atoms with van der Waals surface area (Å²) in [4.78, 5) is 11.7. The summed E-state index contributed by atoms with van der Waals surface area (Å²) in [6.45, 7) is -1.40. The van der Waals surface area contributed by atoms with Crippen molar-refractivity contribution < 1.29 is 27.8 Å². The lowest BCUT2D eigenvalue weighted by molar-refractivity contribution is -0.0495. The normalized spacial score (nSPS) is 12.1. The third-order valence-electron chi connectivity index (χ3n) is 2.71. The minimum absolute atomic E-state index is 0.0759. The van der Waals surface area contributed by atoms with E-state index in [2.05, 4.69) is 15.4 Å². The molecule has 2 amide bonds. The quantitative estimate of drug-likeness (QED) is 0.725. The molecule has 0 aliphatic rings. The highest BCUT2D eigenvalue weighted by Gasteiger charge is 2.15. The van der Waals surface area contributed by atoms with Crippen LogP contribution in [0.5, 0.6) is 5.75 Å². The molecule has 0 aliphatic heterocycles. The first-order valence-corrected chi connectivity index (χ1v) is 6.39. The van der Waals surface area contributed by atoms with Gasteiger partial charge in [-0.05, 0) is 25.0 Å². The van der Waals surface area contributed by atoms with Gasteiger partial charge in [0, 0.05) is 18.7 Å². The summed E-state index contributed by atoms with van der Waals surface area (Å²) in [5.74, 6) is -1.22. The zero-order valence-corrected chi connectivity index (χ0v) is 11.4. The summed E-state index contributed by atoms with van der Waals surface area (Å²) >= 11 is 0. The molecule has 1 aromatic carbocycles. The van der Waals surface area contributed by atoms with Gasteiger partial charge in [0.1, 0.15) is 5.82 Å². The van der Waals surface area contributed by atoms with E-state index < -0.39 is 24.2 Å². The molecule has 0 aliphatic carbocycles. The lowest BCUT2D eigenvalue weighted by atomic mass is 10.2. The third-order valence-corrected chi connectivity index (χ3v) is 2.71. The number of aliphatic hydroxyl groups excluding tert-OH is 1. The van der Waals surface area contributed by atoms with Crippen molar-refractivity contribution >= 4 is 11.7 Å². The van der Waals surface area contributed by atoms with E-state index in [1.54, 1.807) is 0 Å². The average molecular weight is 306 g/mol. The van der Waals surface area contributed by atoms with Crippen LogP contribution in [-0.4, -0.2) is 30.4 Å². The van der Waals surface area contributed by atoms with Crippen LogP contribution in [0, 0.1) is 5.82 Å². The molecule has 3 N–H and O–H groups in total. The van der Waals surface area contributed by atoms with Gasteiger partial charge in [-0.3, -0.25) is 0 Å². The maximum Gasteiger partial charge on any atom is 0.387 e. The van der Waals surface area contributed by atoms with Crippen LogP contribution in [0.25, 0.3) is 0 Å². The Kier molecular flexibility index (Phi) is 6.80. The van der Waals surface area contributed by atoms with Crippen molar-refractivity contribution in [2.24, 2.45) is 0 Å². The number of nitrogens with one attached hydrogen (secondary N) is 2. The molecule has 0 heterocycles. The topological polar surface area (TPSA) is 70.6 Å². The molecule has 0 saturated heterocycles. The maximum absolute atomic E-state index is 13.0. The van der Waals surface area contributed by atoms with Crippen LogP contribution in [0.3, 0.4) is 0 Å². The van der Waals surface area contributed by atoms with Gasteiger partial charge in [-0.2, -0.15) is 8.78 Å². The van der Waals surface area contributed by atoms with E-state index in [-0.39, 0.29) is 18.3 Å². The summed E-state index contributed by atoms with van der Waals surface area (Å²) < 4.78 is 41.6. The van der Waals surface area contributed by atoms with Crippen LogP contribution in [0.1, 0.15) is 19.8 Å². The first-order valence-electron chi connectivity index (χ1n) is 6.39. The number of carbonyl (C=O) groups excluding carboxylic acids is 1. The number of alkyl halides is 2. The van der Waals surface area contributed by atoms with Gasteiger partial charge in [0.2, 0.25) is 0 Å². The number of urea groups is 1. The molecule has 1 atom stereocenters. The summed E-state index contributed by atoms with van der Waals surface area (Å²) in [7, 11) is 0. The predicted molar refractivity (Wildman–Crippen MR) is 71.0 cm³/mol. The largest absolute Gasteiger partial charge is 0.432 e. The third kappa shape index (κ3) is 5.90. The smallest absolute Gasteiger partial charge is 0.387 e. The minimum Gasteiger partial charge on any atom is -0.432 e. The SMILES string of the molecule is CCC(CCO)NC(=O)Nc1ccc(F)cc1OC(F)F. The van der Waals surface area contributed by atoms with Gasteiger partial charge in [-0.1, -0.05) is 6.92 Å². The van der Waals surface area contributed by atoms with Gasteiger partial charge in [-0.15, -0.1) is 0 Å². The predicted octanol–water partition coefficient (Wildman–Crippen LogP) is 2.71. The van der Waals surface area contributed by atoms with Crippen molar-refractivity contribution in [3.8, 4) is 5.75 Å². The molecule has 5 nitrogen and oxygen atoms in total. The number of amides is 2. The fourth-order valence-corrected chi connectivity index (χ4v) is 1.67. The molecule has 1 unspecified atom stereocenters. The minimum atomic E-state index is -3.13. The highest BCUT2D eigenvalue weighted by Crippen LogP contribution is 2.27. The monoisotopic (exact) mass is 306 g/mol. The zero-order chi connectivity index (χ0) is 15.8. The maximum atomic E-state index is 13.0. The van der Waals surface area contributed by atoms with Crippen molar-refractivity contribution in [1.82, 2.24) is 5.32 Å².